The van der Waals surface area contributed by atoms with Crippen LogP contribution in [0, 0.1) is 11.8 Å². The van der Waals surface area contributed by atoms with Crippen molar-refractivity contribution in [2.45, 2.75) is 32.7 Å². The third-order valence-electron chi connectivity index (χ3n) is 2.51. The van der Waals surface area contributed by atoms with Gasteiger partial charge < -0.3 is 10.4 Å². The molecule has 1 saturated carbocycles. The standard InChI is InChI=1S/C9H17NO2/c1-3-7(5-11)10-9(12)8-4-6(8)2/h6-8,11H,3-5H2,1-2H3,(H,10,12). The van der Waals surface area contributed by atoms with Gasteiger partial charge in [-0.15, -0.1) is 0 Å². The molecule has 0 radical (unpaired) electrons. The summed E-state index contributed by atoms with van der Waals surface area (Å²) in [6.07, 6.45) is 1.80. The average molecular weight is 171 g/mol. The molecule has 0 aliphatic heterocycles. The number of hydrogen-bond acceptors (Lipinski definition) is 2. The first-order chi connectivity index (χ1) is 5.69. The zero-order chi connectivity index (χ0) is 9.14. The molecule has 1 rings (SSSR count). The van der Waals surface area contributed by atoms with Crippen molar-refractivity contribution in [2.24, 2.45) is 11.8 Å². The number of rotatable bonds is 4. The molecule has 1 aliphatic carbocycles. The van der Waals surface area contributed by atoms with Gasteiger partial charge in [0, 0.05) is 5.92 Å². The Morgan fingerprint density at radius 2 is 2.33 bits per heavy atom. The van der Waals surface area contributed by atoms with Crippen LogP contribution in [-0.2, 0) is 4.79 Å². The summed E-state index contributed by atoms with van der Waals surface area (Å²) in [6, 6.07) is -0.0506. The first-order valence-corrected chi connectivity index (χ1v) is 4.60. The van der Waals surface area contributed by atoms with Gasteiger partial charge in [0.05, 0.1) is 12.6 Å². The van der Waals surface area contributed by atoms with Gasteiger partial charge in [-0.05, 0) is 18.8 Å². The molecule has 1 aliphatic rings. The fourth-order valence-electron chi connectivity index (χ4n) is 1.27. The highest BCUT2D eigenvalue weighted by molar-refractivity contribution is 5.81. The number of hydrogen-bond donors (Lipinski definition) is 2. The SMILES string of the molecule is CCC(CO)NC(=O)C1CC1C. The van der Waals surface area contributed by atoms with Crippen molar-refractivity contribution in [3.05, 3.63) is 0 Å². The van der Waals surface area contributed by atoms with Crippen LogP contribution in [0.5, 0.6) is 0 Å². The Kier molecular flexibility index (Phi) is 3.09. The molecule has 2 N–H and O–H groups in total. The molecule has 0 aromatic heterocycles. The van der Waals surface area contributed by atoms with Crippen LogP contribution in [0.2, 0.25) is 0 Å². The molecule has 0 heterocycles. The number of carbonyl (C=O) groups excluding carboxylic acids is 1. The van der Waals surface area contributed by atoms with Crippen LogP contribution in [0.25, 0.3) is 0 Å². The molecular formula is C9H17NO2. The summed E-state index contributed by atoms with van der Waals surface area (Å²) >= 11 is 0. The third-order valence-corrected chi connectivity index (χ3v) is 2.51. The van der Waals surface area contributed by atoms with Crippen LogP contribution in [-0.4, -0.2) is 23.7 Å². The summed E-state index contributed by atoms with van der Waals surface area (Å²) in [5, 5.41) is 11.6. The van der Waals surface area contributed by atoms with Crippen molar-refractivity contribution in [3.63, 3.8) is 0 Å². The fourth-order valence-corrected chi connectivity index (χ4v) is 1.27. The Morgan fingerprint density at radius 1 is 1.75 bits per heavy atom. The van der Waals surface area contributed by atoms with Gasteiger partial charge in [0.15, 0.2) is 0 Å². The molecule has 0 spiro atoms. The first kappa shape index (κ1) is 9.52. The summed E-state index contributed by atoms with van der Waals surface area (Å²) < 4.78 is 0. The van der Waals surface area contributed by atoms with Crippen LogP contribution in [0.1, 0.15) is 26.7 Å². The highest BCUT2D eigenvalue weighted by Crippen LogP contribution is 2.37. The van der Waals surface area contributed by atoms with E-state index in [0.29, 0.717) is 5.92 Å². The van der Waals surface area contributed by atoms with E-state index in [2.05, 4.69) is 12.2 Å². The molecule has 0 bridgehead atoms. The van der Waals surface area contributed by atoms with Crippen LogP contribution in [0.4, 0.5) is 0 Å². The molecule has 0 aromatic rings. The zero-order valence-corrected chi connectivity index (χ0v) is 7.71. The normalized spacial score (nSPS) is 29.6. The maximum absolute atomic E-state index is 11.3. The van der Waals surface area contributed by atoms with Crippen molar-refractivity contribution in [1.29, 1.82) is 0 Å². The van der Waals surface area contributed by atoms with Gasteiger partial charge in [-0.2, -0.15) is 0 Å². The second-order valence-electron chi connectivity index (χ2n) is 3.62. The smallest absolute Gasteiger partial charge is 0.223 e. The summed E-state index contributed by atoms with van der Waals surface area (Å²) in [5.41, 5.74) is 0. The van der Waals surface area contributed by atoms with Crippen molar-refractivity contribution in [3.8, 4) is 0 Å². The van der Waals surface area contributed by atoms with Crippen LogP contribution in [0.15, 0.2) is 0 Å². The van der Waals surface area contributed by atoms with Gasteiger partial charge in [-0.3, -0.25) is 4.79 Å². The van der Waals surface area contributed by atoms with Gasteiger partial charge in [-0.25, -0.2) is 0 Å². The summed E-state index contributed by atoms with van der Waals surface area (Å²) in [5.74, 6) is 0.871. The van der Waals surface area contributed by atoms with E-state index in [4.69, 9.17) is 5.11 Å². The molecule has 3 unspecified atom stereocenters. The van der Waals surface area contributed by atoms with Gasteiger partial charge in [0.25, 0.3) is 0 Å². The fraction of sp³-hybridized carbons (Fsp3) is 0.889. The van der Waals surface area contributed by atoms with Gasteiger partial charge >= 0.3 is 0 Å². The number of amides is 1. The van der Waals surface area contributed by atoms with Crippen molar-refractivity contribution >= 4 is 5.91 Å². The molecular weight excluding hydrogens is 154 g/mol. The van der Waals surface area contributed by atoms with E-state index in [1.54, 1.807) is 0 Å². The molecule has 0 saturated heterocycles. The molecule has 1 fully saturated rings. The Bertz CT molecular complexity index is 166. The Balaban J connectivity index is 2.25. The maximum Gasteiger partial charge on any atom is 0.223 e. The van der Waals surface area contributed by atoms with E-state index in [1.165, 1.54) is 0 Å². The predicted molar refractivity (Wildman–Crippen MR) is 46.6 cm³/mol. The molecule has 1 amide bonds. The maximum atomic E-state index is 11.3. The van der Waals surface area contributed by atoms with E-state index in [0.717, 1.165) is 12.8 Å². The number of carbonyl (C=O) groups is 1. The second kappa shape index (κ2) is 3.90. The lowest BCUT2D eigenvalue weighted by Gasteiger charge is -2.13. The molecule has 3 atom stereocenters. The van der Waals surface area contributed by atoms with E-state index in [9.17, 15) is 4.79 Å². The second-order valence-corrected chi connectivity index (χ2v) is 3.62. The highest BCUT2D eigenvalue weighted by atomic mass is 16.3. The average Bonchev–Trinajstić information content (AvgIpc) is 2.78. The van der Waals surface area contributed by atoms with Gasteiger partial charge in [0.2, 0.25) is 5.91 Å². The van der Waals surface area contributed by atoms with Gasteiger partial charge in [0.1, 0.15) is 0 Å². The minimum Gasteiger partial charge on any atom is -0.394 e. The van der Waals surface area contributed by atoms with E-state index in [1.807, 2.05) is 6.92 Å². The van der Waals surface area contributed by atoms with Crippen molar-refractivity contribution in [1.82, 2.24) is 5.32 Å². The quantitative estimate of drug-likeness (QED) is 0.648. The monoisotopic (exact) mass is 171 g/mol. The molecule has 70 valence electrons. The molecule has 3 heteroatoms. The van der Waals surface area contributed by atoms with E-state index in [-0.39, 0.29) is 24.5 Å². The van der Waals surface area contributed by atoms with Gasteiger partial charge in [-0.1, -0.05) is 13.8 Å². The third kappa shape index (κ3) is 2.21. The van der Waals surface area contributed by atoms with Crippen molar-refractivity contribution in [2.75, 3.05) is 6.61 Å². The van der Waals surface area contributed by atoms with Crippen LogP contribution in [0.3, 0.4) is 0 Å². The largest absolute Gasteiger partial charge is 0.394 e. The van der Waals surface area contributed by atoms with Crippen molar-refractivity contribution < 1.29 is 9.90 Å². The number of aliphatic hydroxyl groups is 1. The number of nitrogens with one attached hydrogen (secondary N) is 1. The summed E-state index contributed by atoms with van der Waals surface area (Å²) in [4.78, 5) is 11.3. The molecule has 0 aromatic carbocycles. The number of aliphatic hydroxyl groups excluding tert-OH is 1. The molecule has 3 nitrogen and oxygen atoms in total. The molecule has 12 heavy (non-hydrogen) atoms. The summed E-state index contributed by atoms with van der Waals surface area (Å²) in [7, 11) is 0. The predicted octanol–water partition coefficient (Wildman–Crippen LogP) is 0.529. The van der Waals surface area contributed by atoms with E-state index < -0.39 is 0 Å². The Morgan fingerprint density at radius 3 is 2.67 bits per heavy atom. The van der Waals surface area contributed by atoms with E-state index >= 15 is 0 Å². The van der Waals surface area contributed by atoms with Crippen LogP contribution < -0.4 is 5.32 Å². The lowest BCUT2D eigenvalue weighted by molar-refractivity contribution is -0.123. The lowest BCUT2D eigenvalue weighted by atomic mass is 10.2. The minimum absolute atomic E-state index is 0.0450. The Hall–Kier alpha value is -0.570. The van der Waals surface area contributed by atoms with Crippen LogP contribution >= 0.6 is 0 Å². The highest BCUT2D eigenvalue weighted by Gasteiger charge is 2.39. The first-order valence-electron chi connectivity index (χ1n) is 4.60. The summed E-state index contributed by atoms with van der Waals surface area (Å²) in [6.45, 7) is 4.07. The lowest BCUT2D eigenvalue weighted by Crippen LogP contribution is -2.38. The Labute approximate surface area is 73.2 Å². The minimum atomic E-state index is -0.0506. The zero-order valence-electron chi connectivity index (χ0n) is 7.71. The topological polar surface area (TPSA) is 49.3 Å².